The molecule has 3 amide bonds. The molecule has 0 fully saturated rings. The Morgan fingerprint density at radius 2 is 0.823 bits per heavy atom. The molecular weight excluding hydrogens is 1380 g/mol. The molecule has 2 rings (SSSR count). The highest BCUT2D eigenvalue weighted by atomic mass is 79.9. The summed E-state index contributed by atoms with van der Waals surface area (Å²) in [5, 5.41) is 57.2. The number of nitrogens with two attached hydrogens (primary N) is 2. The maximum atomic E-state index is 11.9. The zero-order chi connectivity index (χ0) is 75.0. The highest BCUT2D eigenvalue weighted by Gasteiger charge is 2.27. The van der Waals surface area contributed by atoms with Crippen molar-refractivity contribution in [2.24, 2.45) is 11.5 Å². The second-order valence-electron chi connectivity index (χ2n) is 24.2. The standard InChI is InChI=1S/C21H33NO5.C11H16O.C10H18BrNO4.C10H19NO5.C5H11NO3.C4H9NO3.C3H9ClSi.CH4O.ClH/c1-6-7-8-9-16-10-12-17(13-11-16)26-15-14-18(19(23)25-5)22-20(24)27-21(2,3)4;1-2-3-4-5-10-6-8-11(12)9-7-10;1-10(2,3)16-9(14)12-7(5-6-11)8(13)15-4;1-10(2,3)16-9(14)11-7(5-6-12)8(13)15-4;1-9-5(8)4(6)2-3-7;5-3(1-2-6)4(7)8;1-5(2,3)4;1-2;/h10-13,18H,6-9,14-15H2,1-5H3,(H,22,24);6-9,12H,2-5H2,1H3;7H,5-6H2,1-4H3,(H,12,14);7,12H,5-6H2,1-4H3,(H,11,14);4,7H,2-3,6H2,1H3;3,6H,1-2,5H2,(H,7,8);1-3H3;2H,1H3;1H. The molecule has 2 aromatic carbocycles. The zero-order valence-corrected chi connectivity index (χ0v) is 64.4. The van der Waals surface area contributed by atoms with Gasteiger partial charge in [0.25, 0.3) is 0 Å². The first-order valence-electron chi connectivity index (χ1n) is 31.1. The Morgan fingerprint density at radius 3 is 1.09 bits per heavy atom. The number of esters is 4. The number of hydrogen-bond acceptors (Lipinski definition) is 23. The second kappa shape index (κ2) is 61.6. The predicted molar refractivity (Wildman–Crippen MR) is 380 cm³/mol. The lowest BCUT2D eigenvalue weighted by Crippen LogP contribution is -2.44. The van der Waals surface area contributed by atoms with Crippen LogP contribution in [-0.2, 0) is 70.0 Å². The summed E-state index contributed by atoms with van der Waals surface area (Å²) >= 11 is 8.87. The number of aliphatic carboxylic acids is 1. The average molecular weight is 1500 g/mol. The number of benzene rings is 2. The summed E-state index contributed by atoms with van der Waals surface area (Å²) in [6.07, 6.45) is 8.84. The maximum absolute atomic E-state index is 11.9. The van der Waals surface area contributed by atoms with Gasteiger partial charge in [-0.1, -0.05) is 99.4 Å². The van der Waals surface area contributed by atoms with Crippen LogP contribution in [-0.4, -0.2) is 200 Å². The number of aliphatic hydroxyl groups excluding tert-OH is 4. The summed E-state index contributed by atoms with van der Waals surface area (Å²) in [5.41, 5.74) is 10.9. The topological polar surface area (TPSA) is 420 Å². The number of amides is 3. The van der Waals surface area contributed by atoms with Crippen LogP contribution in [0.4, 0.5) is 14.4 Å². The van der Waals surface area contributed by atoms with E-state index >= 15 is 0 Å². The number of aryl methyl sites for hydroxylation is 2. The van der Waals surface area contributed by atoms with E-state index in [2.05, 4.69) is 91.7 Å². The van der Waals surface area contributed by atoms with Crippen LogP contribution >= 0.6 is 39.4 Å². The number of hydrogen-bond donors (Lipinski definition) is 11. The molecule has 2 aromatic rings. The molecule has 0 radical (unpaired) electrons. The summed E-state index contributed by atoms with van der Waals surface area (Å²) in [7, 11) is 4.90. The fraction of sp³-hybridized carbons (Fsp3) is 0.692. The number of aromatic hydroxyl groups is 1. The van der Waals surface area contributed by atoms with Gasteiger partial charge < -0.3 is 96.0 Å². The Labute approximate surface area is 591 Å². The molecule has 0 saturated heterocycles. The molecule has 0 aliphatic heterocycles. The van der Waals surface area contributed by atoms with Gasteiger partial charge in [-0.25, -0.2) is 28.8 Å². The molecule has 96 heavy (non-hydrogen) atoms. The third-order valence-corrected chi connectivity index (χ3v) is 11.2. The number of nitrogens with one attached hydrogen (secondary N) is 3. The number of halogens is 3. The van der Waals surface area contributed by atoms with Gasteiger partial charge in [0.2, 0.25) is 0 Å². The third-order valence-electron chi connectivity index (χ3n) is 10.7. The van der Waals surface area contributed by atoms with E-state index in [1.54, 1.807) is 74.4 Å². The summed E-state index contributed by atoms with van der Waals surface area (Å²) in [6.45, 7) is 26.1. The molecular formula is C65H120BrCl2N5O22Si. The number of ether oxygens (including phenoxy) is 8. The summed E-state index contributed by atoms with van der Waals surface area (Å²) in [5.74, 6) is -2.09. The summed E-state index contributed by atoms with van der Waals surface area (Å²) in [4.78, 5) is 89.3. The van der Waals surface area contributed by atoms with E-state index in [1.807, 2.05) is 24.3 Å². The summed E-state index contributed by atoms with van der Waals surface area (Å²) in [6, 6.07) is 11.5. The Bertz CT molecular complexity index is 2270. The number of rotatable bonds is 28. The lowest BCUT2D eigenvalue weighted by Gasteiger charge is -2.22. The monoisotopic (exact) mass is 1500 g/mol. The Morgan fingerprint density at radius 1 is 0.521 bits per heavy atom. The van der Waals surface area contributed by atoms with Gasteiger partial charge in [0, 0.05) is 45.1 Å². The fourth-order valence-corrected chi connectivity index (χ4v) is 6.76. The molecule has 31 heteroatoms. The Kier molecular flexibility index (Phi) is 66.5. The number of alkyl carbamates (subject to hydrolysis) is 3. The van der Waals surface area contributed by atoms with Crippen LogP contribution in [0.15, 0.2) is 48.5 Å². The second-order valence-corrected chi connectivity index (χ2v) is 32.5. The van der Waals surface area contributed by atoms with E-state index in [9.17, 15) is 38.4 Å². The van der Waals surface area contributed by atoms with Crippen molar-refractivity contribution >= 4 is 94.9 Å². The van der Waals surface area contributed by atoms with Crippen LogP contribution < -0.4 is 32.2 Å². The van der Waals surface area contributed by atoms with Crippen molar-refractivity contribution in [1.82, 2.24) is 16.0 Å². The van der Waals surface area contributed by atoms with Gasteiger partial charge in [-0.15, -0.1) is 12.4 Å². The van der Waals surface area contributed by atoms with Crippen molar-refractivity contribution in [3.63, 3.8) is 0 Å². The van der Waals surface area contributed by atoms with Crippen molar-refractivity contribution in [3.8, 4) is 11.5 Å². The van der Waals surface area contributed by atoms with Crippen LogP contribution in [0.5, 0.6) is 11.5 Å². The molecule has 562 valence electrons. The SMILES string of the molecule is CCCCCc1ccc(O)cc1.CCCCCc1ccc(OCCC(NC(=O)OC(C)(C)C)C(=O)OC)cc1.CO.COC(=O)C(CCBr)NC(=O)OC(C)(C)C.COC(=O)C(CCO)NC(=O)OC(C)(C)C.COC(=O)C(N)CCO.C[Si](C)(C)Cl.Cl.NC(CCO)C(=O)O. The fourth-order valence-electron chi connectivity index (χ4n) is 6.30. The largest absolute Gasteiger partial charge is 0.508 e. The van der Waals surface area contributed by atoms with E-state index in [-0.39, 0.29) is 64.5 Å². The van der Waals surface area contributed by atoms with E-state index in [0.717, 1.165) is 25.7 Å². The van der Waals surface area contributed by atoms with Crippen LogP contribution in [0.25, 0.3) is 0 Å². The number of carbonyl (C=O) groups excluding carboxylic acids is 7. The van der Waals surface area contributed by atoms with E-state index in [0.29, 0.717) is 17.5 Å². The van der Waals surface area contributed by atoms with Crippen LogP contribution in [0.2, 0.25) is 19.6 Å². The lowest BCUT2D eigenvalue weighted by atomic mass is 10.1. The average Bonchev–Trinajstić information content (AvgIpc) is 0.998. The number of aliphatic hydroxyl groups is 4. The molecule has 0 aliphatic rings. The molecule has 0 aliphatic carbocycles. The van der Waals surface area contributed by atoms with Crippen molar-refractivity contribution in [1.29, 1.82) is 0 Å². The van der Waals surface area contributed by atoms with Crippen molar-refractivity contribution in [3.05, 3.63) is 59.7 Å². The molecule has 5 atom stereocenters. The maximum Gasteiger partial charge on any atom is 0.408 e. The van der Waals surface area contributed by atoms with Gasteiger partial charge in [0.05, 0.1) is 35.0 Å². The van der Waals surface area contributed by atoms with E-state index in [4.69, 9.17) is 76.9 Å². The van der Waals surface area contributed by atoms with Crippen LogP contribution in [0.1, 0.15) is 158 Å². The lowest BCUT2D eigenvalue weighted by molar-refractivity contribution is -0.144. The molecule has 27 nitrogen and oxygen atoms in total. The molecule has 5 unspecified atom stereocenters. The van der Waals surface area contributed by atoms with E-state index in [1.165, 1.54) is 78.1 Å². The highest BCUT2D eigenvalue weighted by molar-refractivity contribution is 9.09. The molecule has 0 spiro atoms. The molecule has 0 bridgehead atoms. The highest BCUT2D eigenvalue weighted by Crippen LogP contribution is 2.17. The zero-order valence-electron chi connectivity index (χ0n) is 60.3. The smallest absolute Gasteiger partial charge is 0.408 e. The normalized spacial score (nSPS) is 11.9. The van der Waals surface area contributed by atoms with E-state index < -0.39 is 103 Å². The van der Waals surface area contributed by atoms with Crippen molar-refractivity contribution in [2.45, 2.75) is 226 Å². The van der Waals surface area contributed by atoms with Crippen LogP contribution in [0, 0.1) is 0 Å². The van der Waals surface area contributed by atoms with Gasteiger partial charge in [-0.05, 0) is 143 Å². The number of unbranched alkanes of at least 4 members (excludes halogenated alkanes) is 4. The molecule has 0 saturated carbocycles. The molecule has 0 heterocycles. The van der Waals surface area contributed by atoms with Gasteiger partial charge in [0.1, 0.15) is 65.9 Å². The minimum atomic E-state index is -1.14. The molecule has 13 N–H and O–H groups in total. The number of carboxylic acid groups (broad SMARTS) is 1. The van der Waals surface area contributed by atoms with Gasteiger partial charge in [-0.2, -0.15) is 11.1 Å². The van der Waals surface area contributed by atoms with Gasteiger partial charge in [0.15, 0.2) is 0 Å². The quantitative estimate of drug-likeness (QED) is 0.00943. The molecule has 0 aromatic heterocycles. The van der Waals surface area contributed by atoms with Crippen molar-refractivity contribution < 1.29 is 107 Å². The van der Waals surface area contributed by atoms with Crippen molar-refractivity contribution in [2.75, 3.05) is 67.3 Å². The summed E-state index contributed by atoms with van der Waals surface area (Å²) < 4.78 is 39.0. The minimum absolute atomic E-state index is 0. The first-order valence-corrected chi connectivity index (χ1v) is 36.8. The number of alkyl halides is 1. The first kappa shape index (κ1) is 104. The number of carboxylic acids is 1. The third kappa shape index (κ3) is 71.0. The minimum Gasteiger partial charge on any atom is -0.508 e. The van der Waals surface area contributed by atoms with Crippen LogP contribution in [0.3, 0.4) is 0 Å². The first-order chi connectivity index (χ1) is 44.1. The number of carbonyl (C=O) groups is 8. The number of phenols is 1. The number of phenolic OH excluding ortho intramolecular Hbond substituents is 1. The van der Waals surface area contributed by atoms with Gasteiger partial charge >= 0.3 is 48.1 Å². The number of methoxy groups -OCH3 is 4. The Balaban J connectivity index is -0.000000202. The Hall–Kier alpha value is -5.76. The van der Waals surface area contributed by atoms with Gasteiger partial charge in [-0.3, -0.25) is 9.59 Å². The predicted octanol–water partition coefficient (Wildman–Crippen LogP) is 9.39.